The van der Waals surface area contributed by atoms with Crippen LogP contribution in [0.4, 0.5) is 5.69 Å². The predicted octanol–water partition coefficient (Wildman–Crippen LogP) is 3.33. The lowest BCUT2D eigenvalue weighted by Gasteiger charge is -2.11. The first kappa shape index (κ1) is 18.5. The van der Waals surface area contributed by atoms with Gasteiger partial charge in [0.2, 0.25) is 0 Å². The molecule has 3 rings (SSSR count). The summed E-state index contributed by atoms with van der Waals surface area (Å²) in [7, 11) is -3.87. The van der Waals surface area contributed by atoms with Crippen molar-refractivity contribution in [3.05, 3.63) is 59.3 Å². The zero-order chi connectivity index (χ0) is 19.6. The third-order valence-electron chi connectivity index (χ3n) is 4.08. The van der Waals surface area contributed by atoms with Gasteiger partial charge in [-0.15, -0.1) is 0 Å². The number of aryl methyl sites for hydroxylation is 1. The molecule has 0 fully saturated rings. The van der Waals surface area contributed by atoms with Gasteiger partial charge in [0.15, 0.2) is 0 Å². The predicted molar refractivity (Wildman–Crippen MR) is 101 cm³/mol. The fourth-order valence-electron chi connectivity index (χ4n) is 2.78. The van der Waals surface area contributed by atoms with E-state index in [0.29, 0.717) is 22.2 Å². The van der Waals surface area contributed by atoms with Crippen LogP contribution < -0.4 is 4.72 Å². The summed E-state index contributed by atoms with van der Waals surface area (Å²) in [5.74, 6) is -0.509. The van der Waals surface area contributed by atoms with Crippen LogP contribution in [0.2, 0.25) is 0 Å². The highest BCUT2D eigenvalue weighted by molar-refractivity contribution is 7.92. The molecule has 3 aromatic rings. The van der Waals surface area contributed by atoms with Gasteiger partial charge in [-0.25, -0.2) is 13.2 Å². The summed E-state index contributed by atoms with van der Waals surface area (Å²) < 4.78 is 32.8. The molecular formula is C19H17N3O4S. The number of carbonyl (C=O) groups is 1. The first-order chi connectivity index (χ1) is 12.9. The molecule has 0 aliphatic heterocycles. The summed E-state index contributed by atoms with van der Waals surface area (Å²) in [5, 5.41) is 9.89. The summed E-state index contributed by atoms with van der Waals surface area (Å²) in [6, 6.07) is 11.0. The summed E-state index contributed by atoms with van der Waals surface area (Å²) in [6.07, 6.45) is 1.55. The van der Waals surface area contributed by atoms with Crippen LogP contribution in [0.5, 0.6) is 0 Å². The lowest BCUT2D eigenvalue weighted by molar-refractivity contribution is 0.0526. The number of ether oxygens (including phenoxy) is 1. The molecule has 2 aromatic carbocycles. The van der Waals surface area contributed by atoms with Crippen LogP contribution in [0.3, 0.4) is 0 Å². The minimum Gasteiger partial charge on any atom is -0.462 e. The molecule has 1 aromatic heterocycles. The summed E-state index contributed by atoms with van der Waals surface area (Å²) in [4.78, 5) is 14.6. The molecule has 0 aliphatic carbocycles. The van der Waals surface area contributed by atoms with Gasteiger partial charge in [0.1, 0.15) is 6.07 Å². The minimum absolute atomic E-state index is 0.0105. The molecule has 0 bridgehead atoms. The van der Waals surface area contributed by atoms with E-state index in [0.717, 1.165) is 5.56 Å². The average Bonchev–Trinajstić information content (AvgIpc) is 3.09. The number of anilines is 1. The SMILES string of the molecule is CCOC(=O)c1ccc(S(=O)(=O)Nc2ccc(C)c3c(C#N)c[nH]c23)cc1. The second-order valence-electron chi connectivity index (χ2n) is 5.84. The van der Waals surface area contributed by atoms with E-state index < -0.39 is 16.0 Å². The maximum Gasteiger partial charge on any atom is 0.338 e. The Morgan fingerprint density at radius 1 is 1.22 bits per heavy atom. The highest BCUT2D eigenvalue weighted by Gasteiger charge is 2.18. The highest BCUT2D eigenvalue weighted by Crippen LogP contribution is 2.30. The molecule has 0 saturated heterocycles. The van der Waals surface area contributed by atoms with Crippen LogP contribution in [0.1, 0.15) is 28.4 Å². The number of aromatic amines is 1. The number of nitrogens with one attached hydrogen (secondary N) is 2. The molecule has 0 amide bonds. The second kappa shape index (κ2) is 7.13. The van der Waals surface area contributed by atoms with Crippen molar-refractivity contribution in [2.75, 3.05) is 11.3 Å². The number of H-pyrrole nitrogens is 1. The van der Waals surface area contributed by atoms with Crippen LogP contribution in [0.15, 0.2) is 47.5 Å². The number of benzene rings is 2. The Balaban J connectivity index is 1.95. The number of hydrogen-bond acceptors (Lipinski definition) is 5. The van der Waals surface area contributed by atoms with E-state index in [4.69, 9.17) is 4.74 Å². The number of fused-ring (bicyclic) bond motifs is 1. The van der Waals surface area contributed by atoms with E-state index in [2.05, 4.69) is 15.8 Å². The number of carbonyl (C=O) groups excluding carboxylic acids is 1. The zero-order valence-corrected chi connectivity index (χ0v) is 15.6. The Kier molecular flexibility index (Phi) is 4.88. The smallest absolute Gasteiger partial charge is 0.338 e. The quantitative estimate of drug-likeness (QED) is 0.656. The normalized spacial score (nSPS) is 11.1. The summed E-state index contributed by atoms with van der Waals surface area (Å²) in [5.41, 5.74) is 2.47. The van der Waals surface area contributed by atoms with Crippen molar-refractivity contribution < 1.29 is 17.9 Å². The van der Waals surface area contributed by atoms with Crippen molar-refractivity contribution in [1.29, 1.82) is 5.26 Å². The molecule has 0 saturated carbocycles. The number of nitrogens with zero attached hydrogens (tertiary/aromatic N) is 1. The van der Waals surface area contributed by atoms with Crippen LogP contribution in [0, 0.1) is 18.3 Å². The number of nitriles is 1. The molecule has 27 heavy (non-hydrogen) atoms. The van der Waals surface area contributed by atoms with Gasteiger partial charge in [0, 0.05) is 11.6 Å². The Morgan fingerprint density at radius 3 is 2.56 bits per heavy atom. The standard InChI is InChI=1S/C19H17N3O4S/c1-3-26-19(23)13-5-7-15(8-6-13)27(24,25)22-16-9-4-12(2)17-14(10-20)11-21-18(16)17/h4-9,11,21-22H,3H2,1-2H3. The van der Waals surface area contributed by atoms with E-state index in [1.54, 1.807) is 25.3 Å². The van der Waals surface area contributed by atoms with Crippen molar-refractivity contribution in [3.8, 4) is 6.07 Å². The van der Waals surface area contributed by atoms with Gasteiger partial charge >= 0.3 is 5.97 Å². The number of aromatic nitrogens is 1. The Labute approximate surface area is 156 Å². The third-order valence-corrected chi connectivity index (χ3v) is 5.47. The Bertz CT molecular complexity index is 1160. The fraction of sp³-hybridized carbons (Fsp3) is 0.158. The van der Waals surface area contributed by atoms with Gasteiger partial charge in [0.25, 0.3) is 10.0 Å². The molecule has 1 heterocycles. The molecule has 0 spiro atoms. The van der Waals surface area contributed by atoms with Gasteiger partial charge in [-0.3, -0.25) is 4.72 Å². The maximum atomic E-state index is 12.7. The van der Waals surface area contributed by atoms with Crippen molar-refractivity contribution >= 4 is 32.6 Å². The lowest BCUT2D eigenvalue weighted by atomic mass is 10.1. The maximum absolute atomic E-state index is 12.7. The topological polar surface area (TPSA) is 112 Å². The van der Waals surface area contributed by atoms with E-state index >= 15 is 0 Å². The molecule has 0 unspecified atom stereocenters. The Hall–Kier alpha value is -3.31. The molecular weight excluding hydrogens is 366 g/mol. The van der Waals surface area contributed by atoms with Gasteiger partial charge < -0.3 is 9.72 Å². The van der Waals surface area contributed by atoms with Gasteiger partial charge in [-0.2, -0.15) is 5.26 Å². The minimum atomic E-state index is -3.87. The van der Waals surface area contributed by atoms with E-state index in [1.807, 2.05) is 6.92 Å². The molecule has 0 aliphatic rings. The van der Waals surface area contributed by atoms with Crippen LogP contribution in [0.25, 0.3) is 10.9 Å². The summed E-state index contributed by atoms with van der Waals surface area (Å²) in [6.45, 7) is 3.79. The Morgan fingerprint density at radius 2 is 1.93 bits per heavy atom. The van der Waals surface area contributed by atoms with E-state index in [9.17, 15) is 18.5 Å². The van der Waals surface area contributed by atoms with E-state index in [-0.39, 0.29) is 17.1 Å². The van der Waals surface area contributed by atoms with Gasteiger partial charge in [0.05, 0.1) is 33.8 Å². The molecule has 8 heteroatoms. The monoisotopic (exact) mass is 383 g/mol. The number of sulfonamides is 1. The van der Waals surface area contributed by atoms with Crippen molar-refractivity contribution in [1.82, 2.24) is 4.98 Å². The lowest BCUT2D eigenvalue weighted by Crippen LogP contribution is -2.14. The number of hydrogen-bond donors (Lipinski definition) is 2. The van der Waals surface area contributed by atoms with Crippen LogP contribution >= 0.6 is 0 Å². The molecule has 138 valence electrons. The average molecular weight is 383 g/mol. The van der Waals surface area contributed by atoms with Gasteiger partial charge in [-0.1, -0.05) is 6.07 Å². The van der Waals surface area contributed by atoms with Crippen molar-refractivity contribution in [2.45, 2.75) is 18.7 Å². The first-order valence-electron chi connectivity index (χ1n) is 8.18. The fourth-order valence-corrected chi connectivity index (χ4v) is 3.85. The van der Waals surface area contributed by atoms with Gasteiger partial charge in [-0.05, 0) is 49.7 Å². The van der Waals surface area contributed by atoms with Crippen LogP contribution in [-0.2, 0) is 14.8 Å². The number of rotatable bonds is 5. The van der Waals surface area contributed by atoms with Crippen molar-refractivity contribution in [3.63, 3.8) is 0 Å². The molecule has 0 radical (unpaired) electrons. The largest absolute Gasteiger partial charge is 0.462 e. The number of esters is 1. The second-order valence-corrected chi connectivity index (χ2v) is 7.53. The molecule has 0 atom stereocenters. The zero-order valence-electron chi connectivity index (χ0n) is 14.7. The first-order valence-corrected chi connectivity index (χ1v) is 9.66. The summed E-state index contributed by atoms with van der Waals surface area (Å²) >= 11 is 0. The van der Waals surface area contributed by atoms with Crippen LogP contribution in [-0.4, -0.2) is 26.0 Å². The highest BCUT2D eigenvalue weighted by atomic mass is 32.2. The third kappa shape index (κ3) is 3.50. The van der Waals surface area contributed by atoms with Crippen molar-refractivity contribution in [2.24, 2.45) is 0 Å². The van der Waals surface area contributed by atoms with E-state index in [1.165, 1.54) is 24.3 Å². The molecule has 7 nitrogen and oxygen atoms in total. The molecule has 2 N–H and O–H groups in total.